The number of benzene rings is 14. The second-order valence-electron chi connectivity index (χ2n) is 39.7. The first kappa shape index (κ1) is 98.5. The van der Waals surface area contributed by atoms with Crippen molar-refractivity contribution < 1.29 is 67.9 Å². The van der Waals surface area contributed by atoms with Crippen LogP contribution >= 0.6 is 0 Å². The summed E-state index contributed by atoms with van der Waals surface area (Å²) < 4.78 is 32.4. The summed E-state index contributed by atoms with van der Waals surface area (Å²) >= 11 is 0. The van der Waals surface area contributed by atoms with Crippen LogP contribution in [0.25, 0.3) is 170 Å². The van der Waals surface area contributed by atoms with E-state index in [0.29, 0.717) is 85.1 Å². The van der Waals surface area contributed by atoms with Crippen molar-refractivity contribution in [3.05, 3.63) is 361 Å². The molecule has 0 bridgehead atoms. The average molecular weight is 1900 g/mol. The maximum Gasteiger partial charge on any atom is 0.293 e. The Bertz CT molecular complexity index is 7630. The van der Waals surface area contributed by atoms with Crippen LogP contribution < -0.4 is 0 Å². The first-order chi connectivity index (χ1) is 68.3. The topological polar surface area (TPSA) is 370 Å². The van der Waals surface area contributed by atoms with Crippen LogP contribution in [-0.2, 0) is 27.1 Å². The third kappa shape index (κ3) is 22.6. The number of nitrogens with zero attached hydrogens (tertiary/aromatic N) is 10. The Hall–Kier alpha value is -17.5. The van der Waals surface area contributed by atoms with Crippen molar-refractivity contribution >= 4 is 0 Å². The van der Waals surface area contributed by atoms with Gasteiger partial charge in [-0.15, -0.1) is 0 Å². The molecular formula is C119H110N10O14. The summed E-state index contributed by atoms with van der Waals surface area (Å²) in [5, 5.41) is 105. The Kier molecular flexibility index (Phi) is 28.4. The molecule has 0 atom stereocenters. The van der Waals surface area contributed by atoms with Gasteiger partial charge in [0.05, 0.1) is 39.6 Å². The number of aryl methyl sites for hydroxylation is 1. The maximum atomic E-state index is 11.1. The van der Waals surface area contributed by atoms with Gasteiger partial charge in [-0.05, 0) is 217 Å². The number of furan rings is 1. The Labute approximate surface area is 828 Å². The fraction of sp³-hybridized carbons (Fsp3) is 0.176. The molecule has 0 spiro atoms. The largest absolute Gasteiger partial charge is 0.507 e. The molecule has 14 aromatic carbocycles. The SMILES string of the molecule is CC(C)(C)c1cc(-c2ccccc2)c(O)c(-c2noc(-c3ccc(O)c(O)c3)n2)c1.CC(C)(C)c1cc(-c2ccccc2)c(O)c(-c2noc(-c3ccccc3)n2)c1.CC(C)(C)c1cc(-c2ccccc2)c(O)c(-c2noc(-c3ccccc3O)n2)c1.CC(C)(C)c1cc(-c2ccccc2)c(O)c(-c2noc(-c3ccco3)n2)c1.Cc1ccccc1-c1nc(-c2cc(C(C)(C)C)cc(-c3ccccc3)c2O)no1. The summed E-state index contributed by atoms with van der Waals surface area (Å²) in [5.74, 6) is 3.71. The van der Waals surface area contributed by atoms with Crippen molar-refractivity contribution in [1.29, 1.82) is 0 Å². The molecule has 0 unspecified atom stereocenters. The maximum absolute atomic E-state index is 11.1. The Morgan fingerprint density at radius 3 is 0.741 bits per heavy atom. The number of hydrogen-bond acceptors (Lipinski definition) is 24. The quantitative estimate of drug-likeness (QED) is 0.0442. The van der Waals surface area contributed by atoms with Crippen molar-refractivity contribution in [2.75, 3.05) is 0 Å². The summed E-state index contributed by atoms with van der Waals surface area (Å²) in [7, 11) is 0. The van der Waals surface area contributed by atoms with Gasteiger partial charge in [0.1, 0.15) is 34.5 Å². The summed E-state index contributed by atoms with van der Waals surface area (Å²) in [6.45, 7) is 33.9. The minimum atomic E-state index is -0.281. The van der Waals surface area contributed by atoms with Gasteiger partial charge in [0.25, 0.3) is 29.5 Å². The third-order valence-electron chi connectivity index (χ3n) is 24.1. The minimum absolute atomic E-state index is 0.0559. The molecule has 0 radical (unpaired) electrons. The first-order valence-corrected chi connectivity index (χ1v) is 46.6. The van der Waals surface area contributed by atoms with Crippen LogP contribution in [-0.4, -0.2) is 91.6 Å². The fourth-order valence-electron chi connectivity index (χ4n) is 15.7. The van der Waals surface area contributed by atoms with Crippen molar-refractivity contribution in [3.63, 3.8) is 0 Å². The average Bonchev–Trinajstić information content (AvgIpc) is 1.77. The van der Waals surface area contributed by atoms with E-state index in [4.69, 9.17) is 27.0 Å². The smallest absolute Gasteiger partial charge is 0.293 e. The van der Waals surface area contributed by atoms with E-state index in [9.17, 15) is 40.9 Å². The van der Waals surface area contributed by atoms with E-state index in [1.54, 1.807) is 48.7 Å². The predicted octanol–water partition coefficient (Wildman–Crippen LogP) is 29.4. The lowest BCUT2D eigenvalue weighted by molar-refractivity contribution is 0.402. The van der Waals surface area contributed by atoms with Crippen molar-refractivity contribution in [3.8, 4) is 216 Å². The number of phenolic OH excluding ortho intramolecular Hbond substituents is 8. The number of rotatable bonds is 15. The molecule has 0 saturated heterocycles. The van der Waals surface area contributed by atoms with Gasteiger partial charge in [-0.3, -0.25) is 0 Å². The van der Waals surface area contributed by atoms with Crippen LogP contribution in [0.5, 0.6) is 46.0 Å². The molecule has 0 amide bonds. The van der Waals surface area contributed by atoms with Gasteiger partial charge in [-0.25, -0.2) is 0 Å². The van der Waals surface area contributed by atoms with Crippen LogP contribution in [0.1, 0.15) is 137 Å². The number of para-hydroxylation sites is 1. The third-order valence-corrected chi connectivity index (χ3v) is 24.1. The highest BCUT2D eigenvalue weighted by Crippen LogP contribution is 2.49. The van der Waals surface area contributed by atoms with Crippen LogP contribution in [0.3, 0.4) is 0 Å². The van der Waals surface area contributed by atoms with E-state index in [-0.39, 0.29) is 102 Å². The van der Waals surface area contributed by atoms with E-state index >= 15 is 0 Å². The van der Waals surface area contributed by atoms with E-state index in [2.05, 4.69) is 155 Å². The van der Waals surface area contributed by atoms with Crippen LogP contribution in [0.4, 0.5) is 0 Å². The van der Waals surface area contributed by atoms with E-state index in [1.807, 2.05) is 274 Å². The van der Waals surface area contributed by atoms with Gasteiger partial charge in [0.15, 0.2) is 17.3 Å². The molecule has 6 heterocycles. The lowest BCUT2D eigenvalue weighted by Gasteiger charge is -2.22. The van der Waals surface area contributed by atoms with Crippen molar-refractivity contribution in [2.45, 2.75) is 138 Å². The molecule has 6 aromatic heterocycles. The van der Waals surface area contributed by atoms with E-state index in [1.165, 1.54) is 12.1 Å². The molecule has 143 heavy (non-hydrogen) atoms. The second-order valence-corrected chi connectivity index (χ2v) is 39.7. The highest BCUT2D eigenvalue weighted by molar-refractivity contribution is 5.87. The summed E-state index contributed by atoms with van der Waals surface area (Å²) in [6.07, 6.45) is 1.55. The highest BCUT2D eigenvalue weighted by atomic mass is 16.5. The molecule has 20 rings (SSSR count). The van der Waals surface area contributed by atoms with Gasteiger partial charge in [0.2, 0.25) is 29.1 Å². The highest BCUT2D eigenvalue weighted by Gasteiger charge is 2.31. The second kappa shape index (κ2) is 41.2. The molecule has 0 aliphatic carbocycles. The van der Waals surface area contributed by atoms with Gasteiger partial charge in [0, 0.05) is 44.5 Å². The van der Waals surface area contributed by atoms with Crippen molar-refractivity contribution in [1.82, 2.24) is 50.7 Å². The fourth-order valence-corrected chi connectivity index (χ4v) is 15.7. The monoisotopic (exact) mass is 1900 g/mol. The Balaban J connectivity index is 0.000000128. The molecule has 8 N–H and O–H groups in total. The van der Waals surface area contributed by atoms with Crippen LogP contribution in [0.2, 0.25) is 0 Å². The summed E-state index contributed by atoms with van der Waals surface area (Å²) in [6, 6.07) is 100. The van der Waals surface area contributed by atoms with Crippen LogP contribution in [0, 0.1) is 6.92 Å². The number of hydrogen-bond donors (Lipinski definition) is 8. The Morgan fingerprint density at radius 1 is 0.196 bits per heavy atom. The van der Waals surface area contributed by atoms with Gasteiger partial charge >= 0.3 is 0 Å². The zero-order chi connectivity index (χ0) is 101. The standard InChI is InChI=1S/C25H24N2O2.C24H22N2O4.C24H22N2O3.C24H22N2O2.C22H20N2O3/c1-16-10-8-9-13-19(16)24-26-23(27-29-24)21-15-18(25(2,3)4)14-20(22(21)28)17-11-6-5-7-12-17;1-24(2,3)16-12-17(14-7-5-4-6-8-14)21(29)18(13-16)22-25-23(30-26-22)15-9-10-19(27)20(28)11-15;1-24(2,3)16-13-18(15-9-5-4-6-10-15)21(28)19(14-16)22-25-23(29-26-22)17-11-7-8-12-20(17)27;1-24(2,3)18-14-19(16-10-6-4-7-11-16)21(27)20(15-18)22-25-23(28-26-22)17-12-8-5-9-13-17;1-22(2,3)15-12-16(14-8-5-4-6-9-14)19(25)17(13-15)20-23-21(27-24-20)18-10-7-11-26-18/h5-15,28H,1-4H3;4-13,27-29H,1-3H3;4-14,27-28H,1-3H3;4-15,27H,1-3H3;4-13,25H,1-3H3. The predicted molar refractivity (Wildman–Crippen MR) is 557 cm³/mol. The first-order valence-electron chi connectivity index (χ1n) is 46.6. The van der Waals surface area contributed by atoms with Crippen LogP contribution in [0.15, 0.2) is 355 Å². The molecule has 24 heteroatoms. The van der Waals surface area contributed by atoms with E-state index < -0.39 is 0 Å². The van der Waals surface area contributed by atoms with Gasteiger partial charge < -0.3 is 67.9 Å². The summed E-state index contributed by atoms with van der Waals surface area (Å²) in [4.78, 5) is 22.4. The lowest BCUT2D eigenvalue weighted by atomic mass is 9.83. The molecule has 0 aliphatic rings. The molecule has 24 nitrogen and oxygen atoms in total. The van der Waals surface area contributed by atoms with Gasteiger partial charge in [-0.1, -0.05) is 330 Å². The lowest BCUT2D eigenvalue weighted by Crippen LogP contribution is -2.11. The summed E-state index contributed by atoms with van der Waals surface area (Å²) in [5.41, 5.74) is 19.2. The molecule has 0 saturated carbocycles. The zero-order valence-corrected chi connectivity index (χ0v) is 82.2. The zero-order valence-electron chi connectivity index (χ0n) is 82.2. The van der Waals surface area contributed by atoms with Gasteiger partial charge in [-0.2, -0.15) is 24.9 Å². The molecule has 0 aliphatic heterocycles. The normalized spacial score (nSPS) is 11.6. The number of phenols is 8. The molecule has 720 valence electrons. The molecule has 20 aromatic rings. The van der Waals surface area contributed by atoms with Crippen molar-refractivity contribution in [2.24, 2.45) is 0 Å². The number of aromatic hydroxyl groups is 8. The molecular weight excluding hydrogens is 1790 g/mol. The Morgan fingerprint density at radius 2 is 0.448 bits per heavy atom. The molecule has 0 fully saturated rings. The number of aromatic nitrogens is 10. The minimum Gasteiger partial charge on any atom is -0.507 e. The van der Waals surface area contributed by atoms with E-state index in [0.717, 1.165) is 89.0 Å².